The average Bonchev–Trinajstić information content (AvgIpc) is 2.77. The van der Waals surface area contributed by atoms with Gasteiger partial charge in [-0.15, -0.1) is 23.7 Å². The van der Waals surface area contributed by atoms with Gasteiger partial charge in [0, 0.05) is 13.5 Å². The van der Waals surface area contributed by atoms with E-state index in [1.54, 1.807) is 18.4 Å². The van der Waals surface area contributed by atoms with E-state index in [0.717, 1.165) is 10.2 Å². The van der Waals surface area contributed by atoms with Crippen molar-refractivity contribution in [2.75, 3.05) is 19.0 Å². The van der Waals surface area contributed by atoms with Crippen molar-refractivity contribution in [3.63, 3.8) is 0 Å². The standard InChI is InChI=1S/C11H11N3OS/c1-3-4-6-15-9-8-5-7-16-10(8)14-11(12-2)13-9/h1,5,7H,4,6H2,2H3,(H,12,13,14). The molecule has 2 rings (SSSR count). The Morgan fingerprint density at radius 2 is 2.44 bits per heavy atom. The minimum atomic E-state index is 0.474. The number of rotatable bonds is 4. The van der Waals surface area contributed by atoms with Crippen LogP contribution in [0.2, 0.25) is 0 Å². The number of aromatic nitrogens is 2. The van der Waals surface area contributed by atoms with Crippen LogP contribution >= 0.6 is 11.3 Å². The van der Waals surface area contributed by atoms with Gasteiger partial charge in [0.2, 0.25) is 11.8 Å². The second-order valence-electron chi connectivity index (χ2n) is 3.04. The number of fused-ring (bicyclic) bond motifs is 1. The fraction of sp³-hybridized carbons (Fsp3) is 0.273. The highest BCUT2D eigenvalue weighted by atomic mass is 32.1. The van der Waals surface area contributed by atoms with Crippen molar-refractivity contribution in [2.24, 2.45) is 0 Å². The molecule has 2 heterocycles. The Hall–Kier alpha value is -1.80. The topological polar surface area (TPSA) is 47.0 Å². The molecule has 0 aliphatic heterocycles. The lowest BCUT2D eigenvalue weighted by Crippen LogP contribution is -2.02. The molecule has 0 spiro atoms. The molecular weight excluding hydrogens is 222 g/mol. The first-order valence-corrected chi connectivity index (χ1v) is 5.72. The lowest BCUT2D eigenvalue weighted by atomic mass is 10.4. The molecule has 0 aliphatic rings. The molecule has 82 valence electrons. The number of nitrogens with zero attached hydrogens (tertiary/aromatic N) is 2. The van der Waals surface area contributed by atoms with Crippen molar-refractivity contribution >= 4 is 27.5 Å². The van der Waals surface area contributed by atoms with Crippen LogP contribution in [0.5, 0.6) is 5.88 Å². The van der Waals surface area contributed by atoms with Crippen molar-refractivity contribution in [3.05, 3.63) is 11.4 Å². The van der Waals surface area contributed by atoms with E-state index in [1.165, 1.54) is 0 Å². The molecule has 0 unspecified atom stereocenters. The highest BCUT2D eigenvalue weighted by molar-refractivity contribution is 7.16. The van der Waals surface area contributed by atoms with E-state index in [1.807, 2.05) is 11.4 Å². The van der Waals surface area contributed by atoms with Gasteiger partial charge in [-0.1, -0.05) is 0 Å². The Bertz CT molecular complexity index is 529. The summed E-state index contributed by atoms with van der Waals surface area (Å²) in [6.45, 7) is 0.474. The number of hydrogen-bond acceptors (Lipinski definition) is 5. The third kappa shape index (κ3) is 2.07. The summed E-state index contributed by atoms with van der Waals surface area (Å²) < 4.78 is 5.53. The second kappa shape index (κ2) is 4.81. The zero-order valence-corrected chi connectivity index (χ0v) is 9.67. The number of terminal acetylenes is 1. The van der Waals surface area contributed by atoms with Crippen LogP contribution < -0.4 is 10.1 Å². The van der Waals surface area contributed by atoms with Crippen LogP contribution in [-0.2, 0) is 0 Å². The molecule has 0 fully saturated rings. The molecule has 2 aromatic heterocycles. The largest absolute Gasteiger partial charge is 0.476 e. The van der Waals surface area contributed by atoms with E-state index in [-0.39, 0.29) is 0 Å². The number of hydrogen-bond donors (Lipinski definition) is 1. The van der Waals surface area contributed by atoms with E-state index in [0.29, 0.717) is 24.9 Å². The van der Waals surface area contributed by atoms with Gasteiger partial charge in [0.05, 0.1) is 5.39 Å². The Kier molecular flexibility index (Phi) is 3.22. The van der Waals surface area contributed by atoms with Crippen molar-refractivity contribution < 1.29 is 4.74 Å². The van der Waals surface area contributed by atoms with Crippen molar-refractivity contribution in [3.8, 4) is 18.2 Å². The van der Waals surface area contributed by atoms with E-state index in [9.17, 15) is 0 Å². The van der Waals surface area contributed by atoms with Crippen LogP contribution in [0.15, 0.2) is 11.4 Å². The smallest absolute Gasteiger partial charge is 0.227 e. The molecular formula is C11H11N3OS. The fourth-order valence-corrected chi connectivity index (χ4v) is 2.01. The highest BCUT2D eigenvalue weighted by Crippen LogP contribution is 2.27. The number of ether oxygens (including phenoxy) is 1. The van der Waals surface area contributed by atoms with Crippen LogP contribution in [0, 0.1) is 12.3 Å². The summed E-state index contributed by atoms with van der Waals surface area (Å²) in [5, 5.41) is 5.80. The summed E-state index contributed by atoms with van der Waals surface area (Å²) >= 11 is 1.56. The summed E-state index contributed by atoms with van der Waals surface area (Å²) in [4.78, 5) is 9.49. The van der Waals surface area contributed by atoms with Gasteiger partial charge in [-0.3, -0.25) is 0 Å². The lowest BCUT2D eigenvalue weighted by molar-refractivity contribution is 0.319. The Morgan fingerprint density at radius 3 is 3.19 bits per heavy atom. The van der Waals surface area contributed by atoms with Crippen LogP contribution in [0.3, 0.4) is 0 Å². The predicted molar refractivity (Wildman–Crippen MR) is 65.9 cm³/mol. The number of nitrogens with one attached hydrogen (secondary N) is 1. The molecule has 0 amide bonds. The zero-order valence-electron chi connectivity index (χ0n) is 8.86. The molecule has 16 heavy (non-hydrogen) atoms. The molecule has 0 aromatic carbocycles. The van der Waals surface area contributed by atoms with Gasteiger partial charge < -0.3 is 10.1 Å². The normalized spacial score (nSPS) is 10.0. The van der Waals surface area contributed by atoms with E-state index in [2.05, 4.69) is 21.2 Å². The van der Waals surface area contributed by atoms with Crippen LogP contribution in [0.4, 0.5) is 5.95 Å². The third-order valence-corrected chi connectivity index (χ3v) is 2.81. The Labute approximate surface area is 97.7 Å². The predicted octanol–water partition coefficient (Wildman–Crippen LogP) is 2.14. The summed E-state index contributed by atoms with van der Waals surface area (Å²) in [7, 11) is 1.78. The van der Waals surface area contributed by atoms with Gasteiger partial charge in [-0.05, 0) is 11.4 Å². The molecule has 5 heteroatoms. The van der Waals surface area contributed by atoms with Crippen LogP contribution in [-0.4, -0.2) is 23.6 Å². The molecule has 0 saturated heterocycles. The Balaban J connectivity index is 2.33. The lowest BCUT2D eigenvalue weighted by Gasteiger charge is -2.06. The first-order valence-electron chi connectivity index (χ1n) is 4.84. The second-order valence-corrected chi connectivity index (χ2v) is 3.94. The summed E-state index contributed by atoms with van der Waals surface area (Å²) in [5.74, 6) is 3.68. The summed E-state index contributed by atoms with van der Waals surface area (Å²) in [5.41, 5.74) is 0. The van der Waals surface area contributed by atoms with Gasteiger partial charge in [-0.2, -0.15) is 4.98 Å². The van der Waals surface area contributed by atoms with Crippen LogP contribution in [0.25, 0.3) is 10.2 Å². The first kappa shape index (κ1) is 10.7. The molecule has 2 aromatic rings. The maximum atomic E-state index is 5.53. The molecule has 1 N–H and O–H groups in total. The number of anilines is 1. The monoisotopic (exact) mass is 233 g/mol. The minimum absolute atomic E-state index is 0.474. The molecule has 0 atom stereocenters. The summed E-state index contributed by atoms with van der Waals surface area (Å²) in [6.07, 6.45) is 5.74. The van der Waals surface area contributed by atoms with Crippen molar-refractivity contribution in [1.29, 1.82) is 0 Å². The molecule has 0 saturated carbocycles. The zero-order chi connectivity index (χ0) is 11.4. The number of thiophene rings is 1. The maximum absolute atomic E-state index is 5.53. The van der Waals surface area contributed by atoms with Gasteiger partial charge >= 0.3 is 0 Å². The fourth-order valence-electron chi connectivity index (χ4n) is 1.26. The quantitative estimate of drug-likeness (QED) is 0.649. The first-order chi connectivity index (χ1) is 7.85. The average molecular weight is 233 g/mol. The van der Waals surface area contributed by atoms with E-state index >= 15 is 0 Å². The summed E-state index contributed by atoms with van der Waals surface area (Å²) in [6, 6.07) is 1.95. The third-order valence-electron chi connectivity index (χ3n) is 2.00. The van der Waals surface area contributed by atoms with E-state index in [4.69, 9.17) is 11.2 Å². The molecule has 0 radical (unpaired) electrons. The van der Waals surface area contributed by atoms with Gasteiger partial charge in [0.15, 0.2) is 0 Å². The Morgan fingerprint density at radius 1 is 1.56 bits per heavy atom. The van der Waals surface area contributed by atoms with E-state index < -0.39 is 0 Å². The van der Waals surface area contributed by atoms with Crippen molar-refractivity contribution in [2.45, 2.75) is 6.42 Å². The van der Waals surface area contributed by atoms with Crippen molar-refractivity contribution in [1.82, 2.24) is 9.97 Å². The molecule has 0 aliphatic carbocycles. The molecule has 4 nitrogen and oxygen atoms in total. The van der Waals surface area contributed by atoms with Gasteiger partial charge in [0.1, 0.15) is 11.4 Å². The minimum Gasteiger partial charge on any atom is -0.476 e. The SMILES string of the molecule is C#CCCOc1nc(NC)nc2sccc12. The van der Waals surface area contributed by atoms with Crippen LogP contribution in [0.1, 0.15) is 6.42 Å². The highest BCUT2D eigenvalue weighted by Gasteiger charge is 2.08. The molecule has 0 bridgehead atoms. The van der Waals surface area contributed by atoms with Gasteiger partial charge in [-0.25, -0.2) is 4.98 Å². The maximum Gasteiger partial charge on any atom is 0.227 e. The van der Waals surface area contributed by atoms with Gasteiger partial charge in [0.25, 0.3) is 0 Å².